The van der Waals surface area contributed by atoms with Gasteiger partial charge < -0.3 is 24.5 Å². The number of anilines is 1. The first-order valence-electron chi connectivity index (χ1n) is 12.0. The minimum Gasteiger partial charge on any atom is -0.497 e. The molecule has 12 heteroatoms. The largest absolute Gasteiger partial charge is 0.497 e. The molecule has 5 rings (SSSR count). The van der Waals surface area contributed by atoms with Crippen molar-refractivity contribution in [3.63, 3.8) is 0 Å². The number of carbonyl (C=O) groups is 3. The monoisotopic (exact) mass is 547 g/mol. The molecule has 0 bridgehead atoms. The second-order valence-corrected chi connectivity index (χ2v) is 9.46. The van der Waals surface area contributed by atoms with Crippen LogP contribution in [0.4, 0.5) is 11.4 Å². The van der Waals surface area contributed by atoms with Gasteiger partial charge in [0.1, 0.15) is 29.1 Å². The maximum Gasteiger partial charge on any atom is 0.259 e. The Morgan fingerprint density at radius 1 is 1.08 bits per heavy atom. The predicted molar refractivity (Wildman–Crippen MR) is 147 cm³/mol. The molecule has 0 spiro atoms. The zero-order valence-corrected chi connectivity index (χ0v) is 22.0. The summed E-state index contributed by atoms with van der Waals surface area (Å²) in [5.41, 5.74) is 1.76. The number of hydrogen-bond donors (Lipinski definition) is 2. The maximum atomic E-state index is 13.4. The van der Waals surface area contributed by atoms with Gasteiger partial charge in [-0.25, -0.2) is 9.89 Å². The molecule has 1 aromatic heterocycles. The molecule has 2 aliphatic rings. The summed E-state index contributed by atoms with van der Waals surface area (Å²) in [5, 5.41) is 5.87. The molecule has 11 nitrogen and oxygen atoms in total. The van der Waals surface area contributed by atoms with E-state index >= 15 is 0 Å². The summed E-state index contributed by atoms with van der Waals surface area (Å²) in [4.78, 5) is 49.4. The summed E-state index contributed by atoms with van der Waals surface area (Å²) in [7, 11) is 3.04. The molecule has 200 valence electrons. The average molecular weight is 548 g/mol. The Labute approximate surface area is 228 Å². The molecular weight excluding hydrogens is 522 g/mol. The van der Waals surface area contributed by atoms with Crippen LogP contribution in [0, 0.1) is 0 Å². The van der Waals surface area contributed by atoms with Gasteiger partial charge in [0, 0.05) is 11.6 Å². The number of furan rings is 1. The SMILES string of the molecule is COc1ccc(OC)c(NC(=O)CSC2=Nc3ccccc3C3=NC(CC(=O)NCc4ccco4)C(=O)N23)c1. The van der Waals surface area contributed by atoms with E-state index in [1.807, 2.05) is 24.3 Å². The molecule has 2 aliphatic heterocycles. The van der Waals surface area contributed by atoms with E-state index in [4.69, 9.17) is 13.9 Å². The number of nitrogens with zero attached hydrogens (tertiary/aromatic N) is 3. The van der Waals surface area contributed by atoms with Crippen molar-refractivity contribution in [3.8, 4) is 11.5 Å². The topological polar surface area (TPSA) is 135 Å². The number of benzene rings is 2. The van der Waals surface area contributed by atoms with Crippen LogP contribution < -0.4 is 20.1 Å². The first kappa shape index (κ1) is 26.0. The summed E-state index contributed by atoms with van der Waals surface area (Å²) in [6.45, 7) is 0.214. The molecule has 3 heterocycles. The third kappa shape index (κ3) is 5.65. The number of carbonyl (C=O) groups excluding carboxylic acids is 3. The van der Waals surface area contributed by atoms with E-state index in [0.717, 1.165) is 11.8 Å². The second kappa shape index (κ2) is 11.4. The Morgan fingerprint density at radius 2 is 1.92 bits per heavy atom. The van der Waals surface area contributed by atoms with Crippen LogP contribution >= 0.6 is 11.8 Å². The van der Waals surface area contributed by atoms with E-state index in [1.54, 1.807) is 30.3 Å². The van der Waals surface area contributed by atoms with Crippen molar-refractivity contribution in [2.24, 2.45) is 9.98 Å². The number of thioether (sulfide) groups is 1. The number of para-hydroxylation sites is 1. The molecular formula is C27H25N5O6S. The number of ether oxygens (including phenoxy) is 2. The number of fused-ring (bicyclic) bond motifs is 3. The van der Waals surface area contributed by atoms with Gasteiger partial charge in [0.25, 0.3) is 5.91 Å². The summed E-state index contributed by atoms with van der Waals surface area (Å²) in [6.07, 6.45) is 1.39. The smallest absolute Gasteiger partial charge is 0.259 e. The van der Waals surface area contributed by atoms with E-state index in [9.17, 15) is 14.4 Å². The third-order valence-corrected chi connectivity index (χ3v) is 6.92. The standard InChI is InChI=1S/C27H25N5O6S/c1-36-16-9-10-22(37-2)20(12-16)29-24(34)15-39-27-31-19-8-4-3-7-18(19)25-30-21(26(35)32(25)27)13-23(33)28-14-17-6-5-11-38-17/h3-12,21H,13-15H2,1-2H3,(H,28,33)(H,29,34). The van der Waals surface area contributed by atoms with Gasteiger partial charge in [0.05, 0.1) is 50.6 Å². The van der Waals surface area contributed by atoms with Crippen LogP contribution in [0.3, 0.4) is 0 Å². The van der Waals surface area contributed by atoms with Crippen molar-refractivity contribution in [2.75, 3.05) is 25.3 Å². The molecule has 0 aliphatic carbocycles. The molecule has 0 saturated heterocycles. The molecule has 0 fully saturated rings. The lowest BCUT2D eigenvalue weighted by atomic mass is 10.1. The van der Waals surface area contributed by atoms with Crippen LogP contribution in [-0.2, 0) is 20.9 Å². The van der Waals surface area contributed by atoms with Crippen molar-refractivity contribution in [2.45, 2.75) is 19.0 Å². The Balaban J connectivity index is 1.29. The van der Waals surface area contributed by atoms with Crippen molar-refractivity contribution < 1.29 is 28.3 Å². The normalized spacial score (nSPS) is 15.6. The molecule has 3 amide bonds. The van der Waals surface area contributed by atoms with Crippen LogP contribution in [0.25, 0.3) is 0 Å². The van der Waals surface area contributed by atoms with E-state index in [2.05, 4.69) is 20.6 Å². The highest BCUT2D eigenvalue weighted by Crippen LogP contribution is 2.34. The van der Waals surface area contributed by atoms with Crippen LogP contribution in [0.2, 0.25) is 0 Å². The zero-order chi connectivity index (χ0) is 27.4. The summed E-state index contributed by atoms with van der Waals surface area (Å²) in [6, 6.07) is 14.9. The van der Waals surface area contributed by atoms with Gasteiger partial charge in [-0.05, 0) is 36.4 Å². The number of rotatable bonds is 9. The number of hydrogen-bond acceptors (Lipinski definition) is 9. The number of nitrogens with one attached hydrogen (secondary N) is 2. The molecule has 39 heavy (non-hydrogen) atoms. The predicted octanol–water partition coefficient (Wildman–Crippen LogP) is 3.33. The molecule has 2 N–H and O–H groups in total. The first-order valence-corrected chi connectivity index (χ1v) is 13.0. The van der Waals surface area contributed by atoms with Gasteiger partial charge in [-0.2, -0.15) is 0 Å². The fourth-order valence-electron chi connectivity index (χ4n) is 4.11. The van der Waals surface area contributed by atoms with E-state index in [-0.39, 0.29) is 36.4 Å². The third-order valence-electron chi connectivity index (χ3n) is 5.98. The van der Waals surface area contributed by atoms with Crippen LogP contribution in [-0.4, -0.2) is 59.6 Å². The maximum absolute atomic E-state index is 13.4. The van der Waals surface area contributed by atoms with Gasteiger partial charge in [-0.15, -0.1) is 0 Å². The molecule has 1 atom stereocenters. The van der Waals surface area contributed by atoms with Gasteiger partial charge in [-0.3, -0.25) is 19.4 Å². The lowest BCUT2D eigenvalue weighted by Crippen LogP contribution is -2.42. The van der Waals surface area contributed by atoms with E-state index < -0.39 is 6.04 Å². The van der Waals surface area contributed by atoms with Crippen LogP contribution in [0.15, 0.2) is 75.3 Å². The lowest BCUT2D eigenvalue weighted by Gasteiger charge is -2.25. The lowest BCUT2D eigenvalue weighted by molar-refractivity contribution is -0.128. The second-order valence-electron chi connectivity index (χ2n) is 8.52. The number of aliphatic imine (C=N–C) groups is 2. The zero-order valence-electron chi connectivity index (χ0n) is 21.2. The fourth-order valence-corrected chi connectivity index (χ4v) is 4.91. The minimum atomic E-state index is -0.913. The van der Waals surface area contributed by atoms with Crippen molar-refractivity contribution >= 4 is 51.9 Å². The van der Waals surface area contributed by atoms with Crippen molar-refractivity contribution in [3.05, 3.63) is 72.2 Å². The average Bonchev–Trinajstić information content (AvgIpc) is 3.59. The fraction of sp³-hybridized carbons (Fsp3) is 0.222. The Hall–Kier alpha value is -4.58. The quantitative estimate of drug-likeness (QED) is 0.420. The Bertz CT molecular complexity index is 1470. The Kier molecular flexibility index (Phi) is 7.64. The van der Waals surface area contributed by atoms with E-state index in [0.29, 0.717) is 45.2 Å². The highest BCUT2D eigenvalue weighted by molar-refractivity contribution is 8.14. The summed E-state index contributed by atoms with van der Waals surface area (Å²) >= 11 is 1.10. The van der Waals surface area contributed by atoms with Crippen molar-refractivity contribution in [1.29, 1.82) is 0 Å². The molecule has 3 aromatic rings. The van der Waals surface area contributed by atoms with Crippen LogP contribution in [0.1, 0.15) is 17.7 Å². The molecule has 0 saturated carbocycles. The van der Waals surface area contributed by atoms with Gasteiger partial charge in [-0.1, -0.05) is 23.9 Å². The number of amides is 3. The molecule has 0 radical (unpaired) electrons. The van der Waals surface area contributed by atoms with Crippen molar-refractivity contribution in [1.82, 2.24) is 10.2 Å². The highest BCUT2D eigenvalue weighted by atomic mass is 32.2. The van der Waals surface area contributed by atoms with E-state index in [1.165, 1.54) is 25.4 Å². The highest BCUT2D eigenvalue weighted by Gasteiger charge is 2.42. The van der Waals surface area contributed by atoms with Gasteiger partial charge >= 0.3 is 0 Å². The minimum absolute atomic E-state index is 0.0350. The number of amidine groups is 2. The number of methoxy groups -OCH3 is 2. The van der Waals surface area contributed by atoms with Gasteiger partial charge in [0.2, 0.25) is 11.8 Å². The summed E-state index contributed by atoms with van der Waals surface area (Å²) < 4.78 is 15.8. The van der Waals surface area contributed by atoms with Gasteiger partial charge in [0.15, 0.2) is 5.17 Å². The molecule has 2 aromatic carbocycles. The van der Waals surface area contributed by atoms with Crippen LogP contribution in [0.5, 0.6) is 11.5 Å². The molecule has 1 unspecified atom stereocenters. The summed E-state index contributed by atoms with van der Waals surface area (Å²) in [5.74, 6) is 0.986. The Morgan fingerprint density at radius 3 is 2.69 bits per heavy atom. The first-order chi connectivity index (χ1) is 19.0.